The van der Waals surface area contributed by atoms with Crippen LogP contribution in [0.1, 0.15) is 80.5 Å². The Labute approximate surface area is 394 Å². The van der Waals surface area contributed by atoms with E-state index in [-0.39, 0.29) is 16.2 Å². The highest BCUT2D eigenvalue weighted by Crippen LogP contribution is 2.64. The third-order valence-corrected chi connectivity index (χ3v) is 16.5. The quantitative estimate of drug-likeness (QED) is 0.192. The number of hydrogen-bond acceptors (Lipinski definition) is 4. The Morgan fingerprint density at radius 2 is 1.01 bits per heavy atom. The van der Waals surface area contributed by atoms with Crippen LogP contribution >= 0.6 is 0 Å². The van der Waals surface area contributed by atoms with Gasteiger partial charge < -0.3 is 18.9 Å². The molecule has 68 heavy (non-hydrogen) atoms. The van der Waals surface area contributed by atoms with E-state index >= 15 is 0 Å². The summed E-state index contributed by atoms with van der Waals surface area (Å²) >= 11 is 0. The zero-order valence-electron chi connectivity index (χ0n) is 38.9. The van der Waals surface area contributed by atoms with Crippen LogP contribution in [0.4, 0.5) is 11.4 Å². The molecule has 4 nitrogen and oxygen atoms in total. The van der Waals surface area contributed by atoms with Crippen molar-refractivity contribution in [2.75, 3.05) is 5.32 Å². The summed E-state index contributed by atoms with van der Waals surface area (Å²) in [7, 11) is 0. The van der Waals surface area contributed by atoms with Gasteiger partial charge in [-0.15, -0.1) is 0 Å². The van der Waals surface area contributed by atoms with E-state index in [4.69, 9.17) is 13.6 Å². The number of nitrogens with one attached hydrogen (secondary N) is 1. The Morgan fingerprint density at radius 3 is 1.81 bits per heavy atom. The van der Waals surface area contributed by atoms with Gasteiger partial charge in [-0.3, -0.25) is 0 Å². The molecular weight excluding hydrogens is 831 g/mol. The number of benzene rings is 9. The molecule has 0 spiro atoms. The first-order valence-corrected chi connectivity index (χ1v) is 24.0. The van der Waals surface area contributed by atoms with Gasteiger partial charge in [-0.1, -0.05) is 145 Å². The van der Waals surface area contributed by atoms with E-state index in [1.165, 1.54) is 94.2 Å². The normalized spacial score (nSPS) is 15.9. The summed E-state index contributed by atoms with van der Waals surface area (Å²) < 4.78 is 20.2. The first kappa shape index (κ1) is 38.3. The summed E-state index contributed by atoms with van der Waals surface area (Å²) in [5.41, 5.74) is 26.7. The average Bonchev–Trinajstić information content (AvgIpc) is 4.10. The number of furan rings is 2. The van der Waals surface area contributed by atoms with Crippen LogP contribution in [-0.4, -0.2) is 0 Å². The molecule has 4 aliphatic rings. The molecule has 0 radical (unpaired) electrons. The second kappa shape index (κ2) is 12.8. The molecule has 0 bridgehead atoms. The van der Waals surface area contributed by atoms with Crippen molar-refractivity contribution in [3.63, 3.8) is 0 Å². The fourth-order valence-corrected chi connectivity index (χ4v) is 13.3. The van der Waals surface area contributed by atoms with Crippen molar-refractivity contribution in [2.45, 2.75) is 64.4 Å². The molecule has 1 aliphatic heterocycles. The Kier molecular flexibility index (Phi) is 7.20. The predicted molar refractivity (Wildman–Crippen MR) is 279 cm³/mol. The molecular formula is C64H47NO3. The highest BCUT2D eigenvalue weighted by molar-refractivity contribution is 6.21. The molecule has 3 aliphatic carbocycles. The maximum atomic E-state index is 6.91. The third kappa shape index (κ3) is 4.75. The van der Waals surface area contributed by atoms with Crippen LogP contribution in [0.15, 0.2) is 167 Å². The van der Waals surface area contributed by atoms with Gasteiger partial charge in [0, 0.05) is 65.9 Å². The van der Waals surface area contributed by atoms with Gasteiger partial charge in [0.15, 0.2) is 0 Å². The van der Waals surface area contributed by atoms with Crippen molar-refractivity contribution in [2.24, 2.45) is 0 Å². The van der Waals surface area contributed by atoms with Gasteiger partial charge in [-0.25, -0.2) is 0 Å². The fraction of sp³-hybridized carbons (Fsp3) is 0.156. The van der Waals surface area contributed by atoms with Crippen LogP contribution in [-0.2, 0) is 22.9 Å². The minimum Gasteiger partial charge on any atom is -0.488 e. The predicted octanol–water partition coefficient (Wildman–Crippen LogP) is 17.4. The van der Waals surface area contributed by atoms with Crippen LogP contribution in [0.3, 0.4) is 0 Å². The lowest BCUT2D eigenvalue weighted by Crippen LogP contribution is -2.24. The molecule has 2 aromatic heterocycles. The van der Waals surface area contributed by atoms with Crippen molar-refractivity contribution >= 4 is 55.3 Å². The summed E-state index contributed by atoms with van der Waals surface area (Å²) in [5.74, 6) is 0.934. The van der Waals surface area contributed by atoms with Gasteiger partial charge in [-0.2, -0.15) is 0 Å². The first-order valence-electron chi connectivity index (χ1n) is 24.0. The zero-order chi connectivity index (χ0) is 45.6. The Morgan fingerprint density at radius 1 is 0.412 bits per heavy atom. The van der Waals surface area contributed by atoms with Gasteiger partial charge in [0.05, 0.1) is 0 Å². The summed E-state index contributed by atoms with van der Waals surface area (Å²) in [6.45, 7) is 14.9. The van der Waals surface area contributed by atoms with E-state index in [1.807, 2.05) is 12.1 Å². The van der Waals surface area contributed by atoms with Gasteiger partial charge in [0.2, 0.25) is 0 Å². The maximum absolute atomic E-state index is 6.91. The van der Waals surface area contributed by atoms with Crippen LogP contribution in [0.5, 0.6) is 5.75 Å². The van der Waals surface area contributed by atoms with Gasteiger partial charge >= 0.3 is 0 Å². The van der Waals surface area contributed by atoms with Gasteiger partial charge in [-0.05, 0) is 132 Å². The lowest BCUT2D eigenvalue weighted by molar-refractivity contribution is 0.303. The van der Waals surface area contributed by atoms with Crippen molar-refractivity contribution < 1.29 is 13.6 Å². The number of anilines is 2. The van der Waals surface area contributed by atoms with Crippen LogP contribution < -0.4 is 10.1 Å². The van der Waals surface area contributed by atoms with E-state index < -0.39 is 0 Å². The first-order chi connectivity index (χ1) is 33.0. The van der Waals surface area contributed by atoms with Crippen molar-refractivity contribution in [1.82, 2.24) is 0 Å². The molecule has 0 unspecified atom stereocenters. The van der Waals surface area contributed by atoms with E-state index in [0.29, 0.717) is 6.61 Å². The summed E-state index contributed by atoms with van der Waals surface area (Å²) in [6.07, 6.45) is 0. The largest absolute Gasteiger partial charge is 0.488 e. The molecule has 9 aromatic carbocycles. The van der Waals surface area contributed by atoms with E-state index in [1.54, 1.807) is 0 Å². The van der Waals surface area contributed by atoms with Crippen molar-refractivity contribution in [3.05, 3.63) is 197 Å². The van der Waals surface area contributed by atoms with E-state index in [2.05, 4.69) is 192 Å². The Bertz CT molecular complexity index is 4100. The second-order valence-corrected chi connectivity index (χ2v) is 21.2. The average molecular weight is 878 g/mol. The minimum absolute atomic E-state index is 0.200. The van der Waals surface area contributed by atoms with Gasteiger partial charge in [0.25, 0.3) is 0 Å². The monoisotopic (exact) mass is 877 g/mol. The Hall–Kier alpha value is -7.82. The smallest absolute Gasteiger partial charge is 0.144 e. The highest BCUT2D eigenvalue weighted by atomic mass is 16.5. The molecule has 1 N–H and O–H groups in total. The highest BCUT2D eigenvalue weighted by Gasteiger charge is 2.49. The molecule has 4 heteroatoms. The second-order valence-electron chi connectivity index (χ2n) is 21.2. The molecule has 0 saturated heterocycles. The fourth-order valence-electron chi connectivity index (χ4n) is 13.3. The van der Waals surface area contributed by atoms with Crippen molar-refractivity contribution in [3.8, 4) is 61.4 Å². The lowest BCUT2D eigenvalue weighted by Gasteiger charge is -2.31. The number of ether oxygens (including phenoxy) is 1. The Balaban J connectivity index is 0.863. The molecule has 0 fully saturated rings. The lowest BCUT2D eigenvalue weighted by atomic mass is 9.72. The number of para-hydroxylation sites is 2. The molecule has 11 aromatic rings. The molecule has 15 rings (SSSR count). The molecule has 3 heterocycles. The molecule has 0 saturated carbocycles. The summed E-state index contributed by atoms with van der Waals surface area (Å²) in [5, 5.41) is 8.58. The summed E-state index contributed by atoms with van der Waals surface area (Å²) in [4.78, 5) is 0. The molecule has 0 atom stereocenters. The van der Waals surface area contributed by atoms with Gasteiger partial charge in [0.1, 0.15) is 34.7 Å². The zero-order valence-corrected chi connectivity index (χ0v) is 38.9. The third-order valence-electron chi connectivity index (χ3n) is 16.5. The van der Waals surface area contributed by atoms with E-state index in [0.717, 1.165) is 61.4 Å². The molecule has 326 valence electrons. The summed E-state index contributed by atoms with van der Waals surface area (Å²) in [6, 6.07) is 57.6. The minimum atomic E-state index is -0.299. The van der Waals surface area contributed by atoms with Crippen LogP contribution in [0, 0.1) is 0 Å². The number of hydrogen-bond donors (Lipinski definition) is 1. The number of rotatable bonds is 3. The maximum Gasteiger partial charge on any atom is 0.144 e. The SMILES string of the molecule is CC1(C)c2cc(Nc3ccc4c(c3)C(C)(C)c3c5c(c6oc7ccccc7c6c3-4)-c3ccccc3C5(C)C)ccc2-c2c1cc(-c1ccc3c(c1)oc1ccccc13)c1c2-c2ccccc2CO1. The van der Waals surface area contributed by atoms with E-state index in [9.17, 15) is 0 Å². The topological polar surface area (TPSA) is 47.5 Å². The standard InChI is InChI=1S/C64H47NO3/c1-62(2)47-30-36(24-27-42(47)53-49(62)32-45(60-55(53)38-16-8-7-15-35(38)33-66-60)34-23-26-40-39-17-10-13-21-50(39)67-52(40)29-34)65-37-25-28-43-48(31-37)64(5,6)58-54(43)56-44-19-11-14-22-51(44)68-61(56)57-41-18-9-12-20-46(41)63(3,4)59(57)58/h7-32,65H,33H2,1-6H3. The molecule has 0 amide bonds. The van der Waals surface area contributed by atoms with Crippen molar-refractivity contribution in [1.29, 1.82) is 0 Å². The van der Waals surface area contributed by atoms with Crippen LogP contribution in [0.25, 0.3) is 99.5 Å². The van der Waals surface area contributed by atoms with Crippen LogP contribution in [0.2, 0.25) is 0 Å². The number of fused-ring (bicyclic) bond motifs is 22.